The number of hydrogen-bond acceptors (Lipinski definition) is 4. The van der Waals surface area contributed by atoms with E-state index in [0.717, 1.165) is 4.90 Å². The Bertz CT molecular complexity index is 693. The molecule has 1 aliphatic heterocycles. The molecule has 0 saturated carbocycles. The molecule has 1 unspecified atom stereocenters. The molecule has 1 atom stereocenters. The normalized spacial score (nSPS) is 16.3. The first-order valence-electron chi connectivity index (χ1n) is 6.43. The van der Waals surface area contributed by atoms with E-state index in [-0.39, 0.29) is 16.8 Å². The van der Waals surface area contributed by atoms with Gasteiger partial charge < -0.3 is 5.32 Å². The Morgan fingerprint density at radius 2 is 2.05 bits per heavy atom. The number of carbonyl (C=O) groups is 1. The van der Waals surface area contributed by atoms with Crippen LogP contribution in [0.15, 0.2) is 53.4 Å². The van der Waals surface area contributed by atoms with E-state index >= 15 is 0 Å². The third-order valence-corrected chi connectivity index (χ3v) is 4.58. The standard InChI is InChI=1S/C15H12N2O3S/c18-15(14-8-10-4-1-2-7-13(10)21-14)16-11-5-3-6-12(9-11)17(19)20/h1-7,9,14H,8H2,(H,16,18). The molecule has 2 aromatic carbocycles. The predicted molar refractivity (Wildman–Crippen MR) is 81.5 cm³/mol. The Morgan fingerprint density at radius 3 is 2.81 bits per heavy atom. The molecule has 106 valence electrons. The highest BCUT2D eigenvalue weighted by atomic mass is 32.2. The topological polar surface area (TPSA) is 72.2 Å². The van der Waals surface area contributed by atoms with Gasteiger partial charge in [-0.3, -0.25) is 14.9 Å². The van der Waals surface area contributed by atoms with Crippen molar-refractivity contribution in [1.29, 1.82) is 0 Å². The third kappa shape index (κ3) is 2.90. The summed E-state index contributed by atoms with van der Waals surface area (Å²) >= 11 is 1.53. The van der Waals surface area contributed by atoms with Crippen molar-refractivity contribution < 1.29 is 9.72 Å². The summed E-state index contributed by atoms with van der Waals surface area (Å²) in [7, 11) is 0. The number of nitro benzene ring substituents is 1. The number of amides is 1. The van der Waals surface area contributed by atoms with Crippen molar-refractivity contribution in [2.75, 3.05) is 5.32 Å². The largest absolute Gasteiger partial charge is 0.325 e. The summed E-state index contributed by atoms with van der Waals surface area (Å²) in [6.45, 7) is 0. The van der Waals surface area contributed by atoms with Crippen molar-refractivity contribution in [3.05, 3.63) is 64.2 Å². The lowest BCUT2D eigenvalue weighted by Gasteiger charge is -2.09. The minimum Gasteiger partial charge on any atom is -0.325 e. The fourth-order valence-electron chi connectivity index (χ4n) is 2.25. The van der Waals surface area contributed by atoms with E-state index in [1.54, 1.807) is 12.1 Å². The molecule has 1 amide bonds. The summed E-state index contributed by atoms with van der Waals surface area (Å²) in [4.78, 5) is 23.6. The second-order valence-electron chi connectivity index (χ2n) is 4.72. The van der Waals surface area contributed by atoms with E-state index in [1.165, 1.54) is 29.5 Å². The van der Waals surface area contributed by atoms with Crippen molar-refractivity contribution in [3.8, 4) is 0 Å². The zero-order valence-corrected chi connectivity index (χ0v) is 11.8. The van der Waals surface area contributed by atoms with E-state index in [2.05, 4.69) is 5.32 Å². The molecule has 1 aliphatic rings. The zero-order chi connectivity index (χ0) is 14.8. The van der Waals surface area contributed by atoms with Gasteiger partial charge in [0, 0.05) is 22.7 Å². The van der Waals surface area contributed by atoms with Crippen LogP contribution < -0.4 is 5.32 Å². The summed E-state index contributed by atoms with van der Waals surface area (Å²) in [5.74, 6) is -0.128. The van der Waals surface area contributed by atoms with Crippen LogP contribution in [-0.2, 0) is 11.2 Å². The van der Waals surface area contributed by atoms with E-state index in [9.17, 15) is 14.9 Å². The van der Waals surface area contributed by atoms with Gasteiger partial charge in [0.25, 0.3) is 5.69 Å². The molecule has 6 heteroatoms. The number of anilines is 1. The summed E-state index contributed by atoms with van der Waals surface area (Å²) in [6.07, 6.45) is 0.682. The molecule has 1 heterocycles. The number of carbonyl (C=O) groups excluding carboxylic acids is 1. The number of nitrogens with one attached hydrogen (secondary N) is 1. The van der Waals surface area contributed by atoms with Crippen molar-refractivity contribution in [1.82, 2.24) is 0 Å². The molecule has 0 spiro atoms. The summed E-state index contributed by atoms with van der Waals surface area (Å²) in [6, 6.07) is 13.9. The molecule has 0 aromatic heterocycles. The summed E-state index contributed by atoms with van der Waals surface area (Å²) < 4.78 is 0. The molecule has 2 aromatic rings. The molecule has 5 nitrogen and oxygen atoms in total. The Labute approximate surface area is 125 Å². The van der Waals surface area contributed by atoms with Gasteiger partial charge in [-0.15, -0.1) is 11.8 Å². The van der Waals surface area contributed by atoms with Crippen LogP contribution in [0.3, 0.4) is 0 Å². The molecule has 0 saturated heterocycles. The van der Waals surface area contributed by atoms with Gasteiger partial charge in [0.05, 0.1) is 10.2 Å². The molecule has 0 bridgehead atoms. The smallest absolute Gasteiger partial charge is 0.271 e. The molecule has 0 fully saturated rings. The Morgan fingerprint density at radius 1 is 1.24 bits per heavy atom. The summed E-state index contributed by atoms with van der Waals surface area (Å²) in [5, 5.41) is 13.3. The number of thioether (sulfide) groups is 1. The maximum atomic E-state index is 12.3. The number of fused-ring (bicyclic) bond motifs is 1. The van der Waals surface area contributed by atoms with Crippen LogP contribution in [0.2, 0.25) is 0 Å². The van der Waals surface area contributed by atoms with Gasteiger partial charge in [0.1, 0.15) is 0 Å². The van der Waals surface area contributed by atoms with Crippen LogP contribution in [0, 0.1) is 10.1 Å². The molecular formula is C15H12N2O3S. The van der Waals surface area contributed by atoms with E-state index in [4.69, 9.17) is 0 Å². The van der Waals surface area contributed by atoms with Gasteiger partial charge >= 0.3 is 0 Å². The highest BCUT2D eigenvalue weighted by Crippen LogP contribution is 2.37. The lowest BCUT2D eigenvalue weighted by atomic mass is 10.1. The molecule has 0 radical (unpaired) electrons. The quantitative estimate of drug-likeness (QED) is 0.697. The van der Waals surface area contributed by atoms with Gasteiger partial charge in [-0.05, 0) is 24.1 Å². The monoisotopic (exact) mass is 300 g/mol. The van der Waals surface area contributed by atoms with Crippen LogP contribution in [-0.4, -0.2) is 16.1 Å². The second-order valence-corrected chi connectivity index (χ2v) is 5.96. The molecular weight excluding hydrogens is 288 g/mol. The molecule has 3 rings (SSSR count). The Hall–Kier alpha value is -2.34. The van der Waals surface area contributed by atoms with Gasteiger partial charge in [-0.1, -0.05) is 24.3 Å². The van der Waals surface area contributed by atoms with Crippen LogP contribution >= 0.6 is 11.8 Å². The van der Waals surface area contributed by atoms with Crippen molar-refractivity contribution in [2.24, 2.45) is 0 Å². The number of hydrogen-bond donors (Lipinski definition) is 1. The fraction of sp³-hybridized carbons (Fsp3) is 0.133. The average Bonchev–Trinajstić information content (AvgIpc) is 2.91. The first-order valence-corrected chi connectivity index (χ1v) is 7.31. The van der Waals surface area contributed by atoms with E-state index in [0.29, 0.717) is 12.1 Å². The highest BCUT2D eigenvalue weighted by molar-refractivity contribution is 8.01. The number of benzene rings is 2. The lowest BCUT2D eigenvalue weighted by Crippen LogP contribution is -2.24. The van der Waals surface area contributed by atoms with Crippen LogP contribution in [0.1, 0.15) is 5.56 Å². The number of nitrogens with zero attached hydrogens (tertiary/aromatic N) is 1. The SMILES string of the molecule is O=C(Nc1cccc([N+](=O)[O-])c1)C1Cc2ccccc2S1. The average molecular weight is 300 g/mol. The maximum Gasteiger partial charge on any atom is 0.271 e. The Kier molecular flexibility index (Phi) is 3.62. The van der Waals surface area contributed by atoms with Gasteiger partial charge in [0.15, 0.2) is 0 Å². The van der Waals surface area contributed by atoms with Crippen molar-refractivity contribution in [2.45, 2.75) is 16.6 Å². The third-order valence-electron chi connectivity index (χ3n) is 3.26. The molecule has 1 N–H and O–H groups in total. The minimum absolute atomic E-state index is 0.0323. The van der Waals surface area contributed by atoms with Crippen molar-refractivity contribution in [3.63, 3.8) is 0 Å². The van der Waals surface area contributed by atoms with Crippen LogP contribution in [0.25, 0.3) is 0 Å². The van der Waals surface area contributed by atoms with Gasteiger partial charge in [0.2, 0.25) is 5.91 Å². The number of rotatable bonds is 3. The predicted octanol–water partition coefficient (Wildman–Crippen LogP) is 3.25. The van der Waals surface area contributed by atoms with E-state index < -0.39 is 4.92 Å². The maximum absolute atomic E-state index is 12.3. The Balaban J connectivity index is 1.71. The van der Waals surface area contributed by atoms with Gasteiger partial charge in [-0.25, -0.2) is 0 Å². The molecule has 0 aliphatic carbocycles. The molecule has 21 heavy (non-hydrogen) atoms. The van der Waals surface area contributed by atoms with Crippen LogP contribution in [0.4, 0.5) is 11.4 Å². The first-order chi connectivity index (χ1) is 10.1. The number of non-ortho nitro benzene ring substituents is 1. The highest BCUT2D eigenvalue weighted by Gasteiger charge is 2.28. The van der Waals surface area contributed by atoms with Crippen LogP contribution in [0.5, 0.6) is 0 Å². The van der Waals surface area contributed by atoms with Crippen molar-refractivity contribution >= 4 is 29.0 Å². The first kappa shape index (κ1) is 13.6. The second kappa shape index (κ2) is 5.57. The summed E-state index contributed by atoms with van der Waals surface area (Å²) in [5.41, 5.74) is 1.59. The van der Waals surface area contributed by atoms with Gasteiger partial charge in [-0.2, -0.15) is 0 Å². The lowest BCUT2D eigenvalue weighted by molar-refractivity contribution is -0.384. The number of nitro groups is 1. The zero-order valence-electron chi connectivity index (χ0n) is 11.0. The fourth-order valence-corrected chi connectivity index (χ4v) is 3.44. The van der Waals surface area contributed by atoms with E-state index in [1.807, 2.05) is 24.3 Å². The minimum atomic E-state index is -0.476.